The number of carbonyl (C=O) groups is 1. The maximum absolute atomic E-state index is 12.2. The van der Waals surface area contributed by atoms with Crippen molar-refractivity contribution in [1.29, 1.82) is 0 Å². The molecule has 134 valence electrons. The molecule has 3 N–H and O–H groups in total. The Morgan fingerprint density at radius 1 is 1.32 bits per heavy atom. The van der Waals surface area contributed by atoms with Gasteiger partial charge in [-0.15, -0.1) is 0 Å². The molecule has 0 bridgehead atoms. The van der Waals surface area contributed by atoms with Gasteiger partial charge < -0.3 is 24.7 Å². The van der Waals surface area contributed by atoms with Crippen LogP contribution in [0.2, 0.25) is 0 Å². The lowest BCUT2D eigenvalue weighted by atomic mass is 10.0. The number of hydrogen-bond acceptors (Lipinski definition) is 5. The molecule has 0 saturated heterocycles. The van der Waals surface area contributed by atoms with Crippen molar-refractivity contribution in [3.63, 3.8) is 0 Å². The summed E-state index contributed by atoms with van der Waals surface area (Å²) in [7, 11) is 0. The van der Waals surface area contributed by atoms with Crippen molar-refractivity contribution >= 4 is 16.9 Å². The van der Waals surface area contributed by atoms with Crippen molar-refractivity contribution in [2.75, 3.05) is 0 Å². The minimum Gasteiger partial charge on any atom is -0.544 e. The minimum atomic E-state index is -1.13. The molecule has 0 aliphatic heterocycles. The maximum Gasteiger partial charge on any atom is 0.339 e. The smallest absolute Gasteiger partial charge is 0.339 e. The van der Waals surface area contributed by atoms with Crippen LogP contribution in [0, 0.1) is 5.92 Å². The highest BCUT2D eigenvalue weighted by atomic mass is 16.4. The molecule has 1 atom stereocenters. The molecule has 0 amide bonds. The Balaban J connectivity index is 1.98. The molecule has 3 rings (SSSR count). The monoisotopic (exact) mass is 345 g/mol. The molecule has 1 aliphatic carbocycles. The number of rotatable bonds is 6. The summed E-state index contributed by atoms with van der Waals surface area (Å²) >= 11 is 0. The molecule has 0 spiro atoms. The van der Waals surface area contributed by atoms with Crippen molar-refractivity contribution < 1.29 is 24.7 Å². The number of phenolic OH excluding ortho intramolecular Hbond substituents is 1. The lowest BCUT2D eigenvalue weighted by Crippen LogP contribution is -2.91. The van der Waals surface area contributed by atoms with E-state index in [-0.39, 0.29) is 23.8 Å². The summed E-state index contributed by atoms with van der Waals surface area (Å²) in [6.45, 7) is 4.10. The fourth-order valence-corrected chi connectivity index (χ4v) is 3.65. The van der Waals surface area contributed by atoms with Gasteiger partial charge in [-0.2, -0.15) is 0 Å². The summed E-state index contributed by atoms with van der Waals surface area (Å²) in [6.07, 6.45) is 2.92. The van der Waals surface area contributed by atoms with Gasteiger partial charge >= 0.3 is 5.63 Å². The molecule has 0 saturated carbocycles. The molecule has 1 aliphatic rings. The van der Waals surface area contributed by atoms with E-state index in [4.69, 9.17) is 4.42 Å². The van der Waals surface area contributed by atoms with Crippen molar-refractivity contribution in [3.8, 4) is 5.75 Å². The van der Waals surface area contributed by atoms with Crippen LogP contribution in [0.3, 0.4) is 0 Å². The van der Waals surface area contributed by atoms with Gasteiger partial charge in [-0.25, -0.2) is 4.79 Å². The van der Waals surface area contributed by atoms with E-state index >= 15 is 0 Å². The number of nitrogens with two attached hydrogens (primary N) is 1. The van der Waals surface area contributed by atoms with Crippen LogP contribution < -0.4 is 16.0 Å². The van der Waals surface area contributed by atoms with E-state index in [1.165, 1.54) is 0 Å². The first-order valence-corrected chi connectivity index (χ1v) is 8.72. The van der Waals surface area contributed by atoms with Gasteiger partial charge in [0.15, 0.2) is 5.58 Å². The van der Waals surface area contributed by atoms with Gasteiger partial charge in [-0.3, -0.25) is 0 Å². The number of benzene rings is 1. The Bertz CT molecular complexity index is 868. The largest absolute Gasteiger partial charge is 0.544 e. The molecule has 0 unspecified atom stereocenters. The number of aryl methyl sites for hydroxylation is 1. The van der Waals surface area contributed by atoms with E-state index in [1.54, 1.807) is 17.4 Å². The molecule has 1 heterocycles. The number of carbonyl (C=O) groups excluding carboxylic acids is 1. The third kappa shape index (κ3) is 3.39. The van der Waals surface area contributed by atoms with Crippen LogP contribution in [0.4, 0.5) is 0 Å². The summed E-state index contributed by atoms with van der Waals surface area (Å²) in [5.41, 5.74) is 2.18. The average Bonchev–Trinajstić information content (AvgIpc) is 3.02. The van der Waals surface area contributed by atoms with Gasteiger partial charge in [-0.1, -0.05) is 13.8 Å². The number of carboxylic acids is 1. The van der Waals surface area contributed by atoms with Crippen molar-refractivity contribution in [2.24, 2.45) is 5.92 Å². The molecule has 6 nitrogen and oxygen atoms in total. The van der Waals surface area contributed by atoms with E-state index < -0.39 is 12.0 Å². The Morgan fingerprint density at radius 2 is 2.04 bits per heavy atom. The molecule has 6 heteroatoms. The first-order chi connectivity index (χ1) is 11.9. The Hall–Kier alpha value is -2.34. The van der Waals surface area contributed by atoms with Gasteiger partial charge in [0.2, 0.25) is 0 Å². The molecule has 2 aromatic rings. The average molecular weight is 345 g/mol. The van der Waals surface area contributed by atoms with Crippen LogP contribution in [-0.2, 0) is 24.2 Å². The third-order valence-electron chi connectivity index (χ3n) is 4.85. The molecule has 1 aromatic heterocycles. The second-order valence-electron chi connectivity index (χ2n) is 7.14. The number of phenols is 1. The molecule has 0 fully saturated rings. The second-order valence-corrected chi connectivity index (χ2v) is 7.14. The normalized spacial score (nSPS) is 14.8. The minimum absolute atomic E-state index is 0.00601. The first kappa shape index (κ1) is 17.5. The summed E-state index contributed by atoms with van der Waals surface area (Å²) in [5, 5.41) is 24.0. The van der Waals surface area contributed by atoms with E-state index in [1.807, 2.05) is 13.8 Å². The van der Waals surface area contributed by atoms with Crippen molar-refractivity contribution in [2.45, 2.75) is 52.1 Å². The van der Waals surface area contributed by atoms with Crippen LogP contribution >= 0.6 is 0 Å². The van der Waals surface area contributed by atoms with E-state index in [2.05, 4.69) is 0 Å². The van der Waals surface area contributed by atoms with E-state index in [0.717, 1.165) is 35.8 Å². The highest BCUT2D eigenvalue weighted by Crippen LogP contribution is 2.32. The van der Waals surface area contributed by atoms with Gasteiger partial charge in [0.25, 0.3) is 0 Å². The SMILES string of the molecule is CC(C)C[C@@H]([NH2+]Cc1c(O)ccc2c3c(c(=O)oc12)CCC3)C(=O)[O-]. The number of carboxylic acid groups (broad SMARTS) is 1. The Kier molecular flexibility index (Phi) is 4.81. The zero-order chi connectivity index (χ0) is 18.1. The van der Waals surface area contributed by atoms with Crippen LogP contribution in [0.15, 0.2) is 21.3 Å². The predicted octanol–water partition coefficient (Wildman–Crippen LogP) is 0.215. The number of hydrogen-bond donors (Lipinski definition) is 2. The maximum atomic E-state index is 12.2. The van der Waals surface area contributed by atoms with Crippen LogP contribution in [0.1, 0.15) is 43.4 Å². The molecular weight excluding hydrogens is 322 g/mol. The number of aliphatic carboxylic acids is 1. The molecule has 1 aromatic carbocycles. The molecular formula is C19H23NO5. The lowest BCUT2D eigenvalue weighted by Gasteiger charge is -2.19. The number of fused-ring (bicyclic) bond motifs is 3. The zero-order valence-corrected chi connectivity index (χ0v) is 14.5. The molecule has 0 radical (unpaired) electrons. The van der Waals surface area contributed by atoms with E-state index in [0.29, 0.717) is 17.6 Å². The standard InChI is InChI=1S/C19H23NO5/c1-10(2)8-15(18(22)23)20-9-14-16(21)7-6-12-11-4-3-5-13(11)19(24)25-17(12)14/h6-7,10,15,20-21H,3-5,8-9H2,1-2H3,(H,22,23)/t15-/m1/s1. The summed E-state index contributed by atoms with van der Waals surface area (Å²) in [6, 6.07) is 2.64. The van der Waals surface area contributed by atoms with Crippen LogP contribution in [-0.4, -0.2) is 17.1 Å². The van der Waals surface area contributed by atoms with Gasteiger partial charge in [0.1, 0.15) is 18.3 Å². The van der Waals surface area contributed by atoms with Gasteiger partial charge in [0.05, 0.1) is 11.5 Å². The van der Waals surface area contributed by atoms with Crippen molar-refractivity contribution in [1.82, 2.24) is 0 Å². The third-order valence-corrected chi connectivity index (χ3v) is 4.85. The Labute approximate surface area is 145 Å². The topological polar surface area (TPSA) is 107 Å². The zero-order valence-electron chi connectivity index (χ0n) is 14.5. The summed E-state index contributed by atoms with van der Waals surface area (Å²) < 4.78 is 5.49. The predicted molar refractivity (Wildman–Crippen MR) is 90.1 cm³/mol. The quantitative estimate of drug-likeness (QED) is 0.728. The fourth-order valence-electron chi connectivity index (χ4n) is 3.65. The number of aromatic hydroxyl groups is 1. The number of quaternary nitrogens is 1. The van der Waals surface area contributed by atoms with Crippen LogP contribution in [0.5, 0.6) is 5.75 Å². The van der Waals surface area contributed by atoms with Gasteiger partial charge in [-0.05, 0) is 42.9 Å². The highest BCUT2D eigenvalue weighted by molar-refractivity contribution is 5.86. The first-order valence-electron chi connectivity index (χ1n) is 8.72. The van der Waals surface area contributed by atoms with Crippen LogP contribution in [0.25, 0.3) is 11.0 Å². The summed E-state index contributed by atoms with van der Waals surface area (Å²) in [5.74, 6) is -0.913. The fraction of sp³-hybridized carbons (Fsp3) is 0.474. The highest BCUT2D eigenvalue weighted by Gasteiger charge is 2.23. The van der Waals surface area contributed by atoms with Crippen molar-refractivity contribution in [3.05, 3.63) is 39.2 Å². The summed E-state index contributed by atoms with van der Waals surface area (Å²) in [4.78, 5) is 23.6. The lowest BCUT2D eigenvalue weighted by molar-refractivity contribution is -0.699. The van der Waals surface area contributed by atoms with Gasteiger partial charge in [0, 0.05) is 17.4 Å². The molecule has 25 heavy (non-hydrogen) atoms. The Morgan fingerprint density at radius 3 is 2.72 bits per heavy atom. The second kappa shape index (κ2) is 6.88. The van der Waals surface area contributed by atoms with E-state index in [9.17, 15) is 19.8 Å².